The fourth-order valence-corrected chi connectivity index (χ4v) is 3.04. The molecule has 3 N–H and O–H groups in total. The first-order valence-electron chi connectivity index (χ1n) is 9.52. The number of rotatable bonds is 8. The van der Waals surface area contributed by atoms with Gasteiger partial charge in [0.25, 0.3) is 0 Å². The van der Waals surface area contributed by atoms with Gasteiger partial charge < -0.3 is 24.9 Å². The van der Waals surface area contributed by atoms with Crippen LogP contribution in [0.15, 0.2) is 27.8 Å². The monoisotopic (exact) mass is 351 g/mol. The van der Waals surface area contributed by atoms with Crippen LogP contribution in [0.3, 0.4) is 0 Å². The molecule has 0 aromatic carbocycles. The zero-order chi connectivity index (χ0) is 18.0. The van der Waals surface area contributed by atoms with E-state index in [-0.39, 0.29) is 6.54 Å². The van der Waals surface area contributed by atoms with E-state index in [0.29, 0.717) is 31.0 Å². The highest BCUT2D eigenvalue weighted by molar-refractivity contribution is 5.79. The number of nitrogens with zero attached hydrogens (tertiary/aromatic N) is 1. The summed E-state index contributed by atoms with van der Waals surface area (Å²) in [5.41, 5.74) is -1.12. The molecule has 0 radical (unpaired) electrons. The van der Waals surface area contributed by atoms with Crippen LogP contribution >= 0.6 is 0 Å². The summed E-state index contributed by atoms with van der Waals surface area (Å²) >= 11 is 0. The summed E-state index contributed by atoms with van der Waals surface area (Å²) in [5.74, 6) is 1.20. The van der Waals surface area contributed by atoms with E-state index in [2.05, 4.69) is 15.6 Å². The third-order valence-electron chi connectivity index (χ3n) is 4.49. The highest BCUT2D eigenvalue weighted by Gasteiger charge is 2.26. The highest BCUT2D eigenvalue weighted by atomic mass is 16.5. The van der Waals surface area contributed by atoms with Gasteiger partial charge in [-0.25, -0.2) is 4.99 Å². The SMILES string of the molecule is CCNC(=NCC(C)(O)c1ccco1)NCCOC1CCCCCC1. The van der Waals surface area contributed by atoms with Crippen LogP contribution < -0.4 is 10.6 Å². The summed E-state index contributed by atoms with van der Waals surface area (Å²) in [4.78, 5) is 4.47. The average Bonchev–Trinajstić information content (AvgIpc) is 3.03. The second-order valence-electron chi connectivity index (χ2n) is 6.86. The second kappa shape index (κ2) is 10.5. The van der Waals surface area contributed by atoms with E-state index < -0.39 is 5.60 Å². The average molecular weight is 351 g/mol. The van der Waals surface area contributed by atoms with E-state index in [9.17, 15) is 5.11 Å². The minimum atomic E-state index is -1.12. The lowest BCUT2D eigenvalue weighted by Gasteiger charge is -2.20. The third-order valence-corrected chi connectivity index (χ3v) is 4.49. The predicted octanol–water partition coefficient (Wildman–Crippen LogP) is 2.78. The number of nitrogens with one attached hydrogen (secondary N) is 2. The van der Waals surface area contributed by atoms with Crippen LogP contribution in [-0.4, -0.2) is 43.4 Å². The molecule has 0 spiro atoms. The topological polar surface area (TPSA) is 79.0 Å². The molecule has 1 heterocycles. The van der Waals surface area contributed by atoms with Crippen molar-refractivity contribution in [1.82, 2.24) is 10.6 Å². The van der Waals surface area contributed by atoms with E-state index in [1.54, 1.807) is 25.3 Å². The van der Waals surface area contributed by atoms with Gasteiger partial charge in [0.2, 0.25) is 0 Å². The van der Waals surface area contributed by atoms with Gasteiger partial charge in [-0.05, 0) is 38.8 Å². The number of hydrogen-bond acceptors (Lipinski definition) is 4. The van der Waals surface area contributed by atoms with Crippen molar-refractivity contribution >= 4 is 5.96 Å². The number of aliphatic imine (C=N–C) groups is 1. The van der Waals surface area contributed by atoms with Crippen molar-refractivity contribution in [3.05, 3.63) is 24.2 Å². The third kappa shape index (κ3) is 7.08. The largest absolute Gasteiger partial charge is 0.466 e. The van der Waals surface area contributed by atoms with Crippen LogP contribution in [0.2, 0.25) is 0 Å². The Bertz CT molecular complexity index is 492. The molecule has 1 aliphatic carbocycles. The van der Waals surface area contributed by atoms with Crippen LogP contribution in [0.4, 0.5) is 0 Å². The van der Waals surface area contributed by atoms with Gasteiger partial charge in [0.05, 0.1) is 25.5 Å². The van der Waals surface area contributed by atoms with Gasteiger partial charge in [-0.15, -0.1) is 0 Å². The lowest BCUT2D eigenvalue weighted by molar-refractivity contribution is 0.0433. The highest BCUT2D eigenvalue weighted by Crippen LogP contribution is 2.21. The minimum absolute atomic E-state index is 0.222. The summed E-state index contributed by atoms with van der Waals surface area (Å²) in [6.07, 6.45) is 9.56. The molecule has 6 heteroatoms. The normalized spacial score (nSPS) is 19.2. The molecule has 0 aliphatic heterocycles. The first kappa shape index (κ1) is 19.8. The maximum Gasteiger partial charge on any atom is 0.191 e. The fourth-order valence-electron chi connectivity index (χ4n) is 3.04. The number of ether oxygens (including phenoxy) is 1. The molecular weight excluding hydrogens is 318 g/mol. The summed E-state index contributed by atoms with van der Waals surface area (Å²) in [6.45, 7) is 6.07. The van der Waals surface area contributed by atoms with Crippen molar-refractivity contribution in [2.45, 2.75) is 64.1 Å². The maximum absolute atomic E-state index is 10.5. The lowest BCUT2D eigenvalue weighted by Crippen LogP contribution is -2.40. The molecule has 2 rings (SSSR count). The van der Waals surface area contributed by atoms with Crippen molar-refractivity contribution < 1.29 is 14.3 Å². The molecule has 0 saturated heterocycles. The number of guanidine groups is 1. The summed E-state index contributed by atoms with van der Waals surface area (Å²) in [6, 6.07) is 3.53. The molecule has 1 unspecified atom stereocenters. The first-order chi connectivity index (χ1) is 12.1. The Balaban J connectivity index is 1.75. The quantitative estimate of drug-likeness (QED) is 0.290. The zero-order valence-electron chi connectivity index (χ0n) is 15.6. The van der Waals surface area contributed by atoms with Crippen molar-refractivity contribution in [1.29, 1.82) is 0 Å². The van der Waals surface area contributed by atoms with Crippen molar-refractivity contribution in [3.8, 4) is 0 Å². The summed E-state index contributed by atoms with van der Waals surface area (Å²) < 4.78 is 11.3. The maximum atomic E-state index is 10.5. The molecule has 1 atom stereocenters. The molecule has 142 valence electrons. The van der Waals surface area contributed by atoms with Crippen LogP contribution in [0, 0.1) is 0 Å². The van der Waals surface area contributed by atoms with E-state index >= 15 is 0 Å². The van der Waals surface area contributed by atoms with E-state index in [4.69, 9.17) is 9.15 Å². The van der Waals surface area contributed by atoms with Crippen LogP contribution in [-0.2, 0) is 10.3 Å². The van der Waals surface area contributed by atoms with Crippen LogP contribution in [0.1, 0.15) is 58.1 Å². The van der Waals surface area contributed by atoms with Crippen molar-refractivity contribution in [2.24, 2.45) is 4.99 Å². The number of furan rings is 1. The first-order valence-corrected chi connectivity index (χ1v) is 9.52. The van der Waals surface area contributed by atoms with Gasteiger partial charge in [0.15, 0.2) is 5.96 Å². The molecule has 0 bridgehead atoms. The molecule has 1 aliphatic rings. The molecule has 1 aromatic rings. The minimum Gasteiger partial charge on any atom is -0.466 e. The van der Waals surface area contributed by atoms with E-state index in [1.807, 2.05) is 6.92 Å². The molecule has 1 aromatic heterocycles. The molecular formula is C19H33N3O3. The lowest BCUT2D eigenvalue weighted by atomic mass is 10.0. The van der Waals surface area contributed by atoms with Gasteiger partial charge in [-0.1, -0.05) is 25.7 Å². The molecule has 25 heavy (non-hydrogen) atoms. The Labute approximate surface area is 151 Å². The molecule has 0 amide bonds. The second-order valence-corrected chi connectivity index (χ2v) is 6.86. The van der Waals surface area contributed by atoms with Gasteiger partial charge in [0.1, 0.15) is 11.4 Å². The Kier molecular flexibility index (Phi) is 8.28. The fraction of sp³-hybridized carbons (Fsp3) is 0.737. The van der Waals surface area contributed by atoms with Crippen molar-refractivity contribution in [3.63, 3.8) is 0 Å². The van der Waals surface area contributed by atoms with E-state index in [1.165, 1.54) is 38.5 Å². The molecule has 1 fully saturated rings. The Morgan fingerprint density at radius 2 is 2.08 bits per heavy atom. The van der Waals surface area contributed by atoms with Crippen molar-refractivity contribution in [2.75, 3.05) is 26.2 Å². The van der Waals surface area contributed by atoms with Gasteiger partial charge >= 0.3 is 0 Å². The van der Waals surface area contributed by atoms with Gasteiger partial charge in [0, 0.05) is 13.1 Å². The number of hydrogen-bond donors (Lipinski definition) is 3. The smallest absolute Gasteiger partial charge is 0.191 e. The summed E-state index contributed by atoms with van der Waals surface area (Å²) in [7, 11) is 0. The van der Waals surface area contributed by atoms with Crippen LogP contribution in [0.25, 0.3) is 0 Å². The zero-order valence-corrected chi connectivity index (χ0v) is 15.6. The standard InChI is InChI=1S/C19H33N3O3/c1-3-20-18(22-15-19(2,23)17-11-8-13-25-17)21-12-14-24-16-9-6-4-5-7-10-16/h8,11,13,16,23H,3-7,9-10,12,14-15H2,1-2H3,(H2,20,21,22). The van der Waals surface area contributed by atoms with Crippen LogP contribution in [0.5, 0.6) is 0 Å². The Hall–Kier alpha value is -1.53. The van der Waals surface area contributed by atoms with E-state index in [0.717, 1.165) is 6.54 Å². The predicted molar refractivity (Wildman–Crippen MR) is 99.7 cm³/mol. The van der Waals surface area contributed by atoms with Gasteiger partial charge in [-0.2, -0.15) is 0 Å². The molecule has 6 nitrogen and oxygen atoms in total. The Morgan fingerprint density at radius 3 is 2.72 bits per heavy atom. The Morgan fingerprint density at radius 1 is 1.32 bits per heavy atom. The summed E-state index contributed by atoms with van der Waals surface area (Å²) in [5, 5.41) is 16.9. The molecule has 1 saturated carbocycles. The number of aliphatic hydroxyl groups is 1. The van der Waals surface area contributed by atoms with Gasteiger partial charge in [-0.3, -0.25) is 0 Å².